The summed E-state index contributed by atoms with van der Waals surface area (Å²) in [6, 6.07) is 12.9. The van der Waals surface area contributed by atoms with Gasteiger partial charge in [-0.3, -0.25) is 4.40 Å². The minimum atomic E-state index is -2.25. The Bertz CT molecular complexity index is 1700. The molecule has 4 nitrogen and oxygen atoms in total. The molecule has 2 aromatic carbocycles. The van der Waals surface area contributed by atoms with Gasteiger partial charge in [0.05, 0.1) is 23.9 Å². The number of aryl methyl sites for hydroxylation is 3. The largest absolute Gasteiger partial charge is 0.272 e. The Balaban J connectivity index is 1.91. The molecule has 5 aromatic rings. The van der Waals surface area contributed by atoms with Crippen molar-refractivity contribution in [2.24, 2.45) is 7.05 Å². The number of fused-ring (bicyclic) bond motifs is 3. The summed E-state index contributed by atoms with van der Waals surface area (Å²) in [6.45, 7) is 13.7. The normalized spacial score (nSPS) is 14.3. The zero-order chi connectivity index (χ0) is 27.8. The van der Waals surface area contributed by atoms with Crippen LogP contribution in [0.3, 0.4) is 0 Å². The van der Waals surface area contributed by atoms with Crippen LogP contribution >= 0.6 is 11.3 Å². The van der Waals surface area contributed by atoms with Crippen LogP contribution in [0.15, 0.2) is 48.9 Å². The molecule has 0 bridgehead atoms. The first kappa shape index (κ1) is 20.4. The fraction of sp³-hybridized carbons (Fsp3) is 0.345. The molecule has 6 heteroatoms. The fourth-order valence-corrected chi connectivity index (χ4v) is 7.84. The van der Waals surface area contributed by atoms with Crippen LogP contribution in [0.4, 0.5) is 0 Å². The van der Waals surface area contributed by atoms with Crippen molar-refractivity contribution in [3.8, 4) is 22.4 Å². The standard InChI is InChI=1S/C29H35N4SSi/c1-18-14-19(2)26-27(34-28-31-30-17-33(26)28)25(18)23-15-21(24(16-32(23)6)35(7,8)9)20-12-10-11-13-22(20)29(3,4)5/h10-17H,1-9H3/q+1/i2D3. The van der Waals surface area contributed by atoms with Crippen LogP contribution in [0.25, 0.3) is 37.6 Å². The van der Waals surface area contributed by atoms with Crippen molar-refractivity contribution in [3.63, 3.8) is 0 Å². The van der Waals surface area contributed by atoms with Gasteiger partial charge in [0.15, 0.2) is 6.20 Å². The molecule has 0 radical (unpaired) electrons. The molecule has 0 saturated heterocycles. The van der Waals surface area contributed by atoms with Gasteiger partial charge in [-0.25, -0.2) is 4.57 Å². The molecule has 3 aromatic heterocycles. The quantitative estimate of drug-likeness (QED) is 0.207. The first-order chi connectivity index (χ1) is 17.6. The Kier molecular flexibility index (Phi) is 4.72. The Morgan fingerprint density at radius 2 is 1.80 bits per heavy atom. The first-order valence-electron chi connectivity index (χ1n) is 13.5. The maximum absolute atomic E-state index is 8.24. The maximum atomic E-state index is 8.24. The first-order valence-corrected chi connectivity index (χ1v) is 16.3. The lowest BCUT2D eigenvalue weighted by Crippen LogP contribution is -2.46. The van der Waals surface area contributed by atoms with Gasteiger partial charge in [0.25, 0.3) is 0 Å². The molecule has 180 valence electrons. The minimum absolute atomic E-state index is 0.0118. The van der Waals surface area contributed by atoms with Crippen LogP contribution in [0.1, 0.15) is 41.6 Å². The van der Waals surface area contributed by atoms with E-state index < -0.39 is 14.9 Å². The summed E-state index contributed by atoms with van der Waals surface area (Å²) in [5.41, 5.74) is 7.87. The molecule has 0 aliphatic heterocycles. The number of aromatic nitrogens is 4. The highest BCUT2D eigenvalue weighted by Crippen LogP contribution is 2.40. The molecule has 0 amide bonds. The van der Waals surface area contributed by atoms with Crippen LogP contribution in [-0.2, 0) is 12.5 Å². The van der Waals surface area contributed by atoms with Gasteiger partial charge in [-0.2, -0.15) is 0 Å². The highest BCUT2D eigenvalue weighted by molar-refractivity contribution is 7.24. The third-order valence-corrected chi connectivity index (χ3v) is 9.84. The molecule has 35 heavy (non-hydrogen) atoms. The predicted octanol–water partition coefficient (Wildman–Crippen LogP) is 6.56. The van der Waals surface area contributed by atoms with Crippen LogP contribution in [0.5, 0.6) is 0 Å². The lowest BCUT2D eigenvalue weighted by Gasteiger charge is -2.26. The summed E-state index contributed by atoms with van der Waals surface area (Å²) in [6.07, 6.45) is 3.92. The average Bonchev–Trinajstić information content (AvgIpc) is 3.38. The topological polar surface area (TPSA) is 34.1 Å². The van der Waals surface area contributed by atoms with Gasteiger partial charge in [-0.1, -0.05) is 82.1 Å². The predicted molar refractivity (Wildman–Crippen MR) is 152 cm³/mol. The second-order valence-corrected chi connectivity index (χ2v) is 17.5. The number of hydrogen-bond acceptors (Lipinski definition) is 3. The third-order valence-electron chi connectivity index (χ3n) is 6.77. The van der Waals surface area contributed by atoms with E-state index in [-0.39, 0.29) is 5.41 Å². The van der Waals surface area contributed by atoms with E-state index in [9.17, 15) is 0 Å². The van der Waals surface area contributed by atoms with E-state index in [0.717, 1.165) is 21.5 Å². The van der Waals surface area contributed by atoms with Crippen LogP contribution in [0, 0.1) is 13.8 Å². The van der Waals surface area contributed by atoms with Gasteiger partial charge in [0.1, 0.15) is 13.4 Å². The molecule has 0 spiro atoms. The monoisotopic (exact) mass is 502 g/mol. The van der Waals surface area contributed by atoms with Crippen molar-refractivity contribution < 1.29 is 8.68 Å². The molecule has 3 heterocycles. The number of rotatable bonds is 3. The van der Waals surface area contributed by atoms with Crippen molar-refractivity contribution in [1.82, 2.24) is 14.6 Å². The van der Waals surface area contributed by atoms with Crippen molar-refractivity contribution >= 4 is 39.8 Å². The summed E-state index contributed by atoms with van der Waals surface area (Å²) in [4.78, 5) is 0.692. The van der Waals surface area contributed by atoms with E-state index in [1.165, 1.54) is 33.2 Å². The molecule has 0 aliphatic rings. The van der Waals surface area contributed by atoms with E-state index in [1.807, 2.05) is 17.4 Å². The number of hydrogen-bond donors (Lipinski definition) is 0. The number of benzene rings is 2. The third kappa shape index (κ3) is 3.93. The van der Waals surface area contributed by atoms with Crippen LogP contribution in [0.2, 0.25) is 19.6 Å². The van der Waals surface area contributed by atoms with E-state index >= 15 is 0 Å². The number of nitrogens with zero attached hydrogens (tertiary/aromatic N) is 4. The van der Waals surface area contributed by atoms with E-state index in [1.54, 1.807) is 6.33 Å². The van der Waals surface area contributed by atoms with Gasteiger partial charge in [-0.05, 0) is 47.0 Å². The van der Waals surface area contributed by atoms with Gasteiger partial charge < -0.3 is 0 Å². The molecular formula is C29H35N4SSi+. The Hall–Kier alpha value is -2.83. The molecule has 0 N–H and O–H groups in total. The lowest BCUT2D eigenvalue weighted by molar-refractivity contribution is -0.659. The lowest BCUT2D eigenvalue weighted by atomic mass is 9.82. The second kappa shape index (κ2) is 8.10. The van der Waals surface area contributed by atoms with Gasteiger partial charge in [0, 0.05) is 15.4 Å². The Morgan fingerprint density at radius 3 is 2.49 bits per heavy atom. The zero-order valence-electron chi connectivity index (χ0n) is 24.8. The van der Waals surface area contributed by atoms with Gasteiger partial charge >= 0.3 is 0 Å². The summed E-state index contributed by atoms with van der Waals surface area (Å²) >= 11 is 1.50. The van der Waals surface area contributed by atoms with Crippen molar-refractivity contribution in [1.29, 1.82) is 0 Å². The van der Waals surface area contributed by atoms with Gasteiger partial charge in [0.2, 0.25) is 10.7 Å². The van der Waals surface area contributed by atoms with E-state index in [0.29, 0.717) is 16.0 Å². The fourth-order valence-electron chi connectivity index (χ4n) is 5.06. The zero-order valence-corrected chi connectivity index (χ0v) is 23.6. The Morgan fingerprint density at radius 1 is 1.06 bits per heavy atom. The molecule has 0 saturated carbocycles. The van der Waals surface area contributed by atoms with Crippen molar-refractivity contribution in [2.45, 2.75) is 59.6 Å². The van der Waals surface area contributed by atoms with Crippen LogP contribution in [-0.4, -0.2) is 22.7 Å². The smallest absolute Gasteiger partial charge is 0.217 e. The summed E-state index contributed by atoms with van der Waals surface area (Å²) in [5, 5.41) is 9.71. The average molecular weight is 503 g/mol. The molecule has 5 rings (SSSR count). The molecule has 0 fully saturated rings. The minimum Gasteiger partial charge on any atom is -0.272 e. The highest BCUT2D eigenvalue weighted by Gasteiger charge is 2.30. The highest BCUT2D eigenvalue weighted by atomic mass is 32.1. The Labute approximate surface area is 217 Å². The summed E-state index contributed by atoms with van der Waals surface area (Å²) < 4.78 is 29.7. The van der Waals surface area contributed by atoms with Crippen molar-refractivity contribution in [2.75, 3.05) is 0 Å². The van der Waals surface area contributed by atoms with Crippen molar-refractivity contribution in [3.05, 3.63) is 65.6 Å². The van der Waals surface area contributed by atoms with E-state index in [4.69, 9.17) is 4.11 Å². The number of pyridine rings is 1. The molecular weight excluding hydrogens is 465 g/mol. The van der Waals surface area contributed by atoms with E-state index in [2.05, 4.69) is 98.8 Å². The second-order valence-electron chi connectivity index (χ2n) is 11.5. The SMILES string of the molecule is [2H]C([2H])([2H])c1cc(C)c(-c2cc(-c3ccccc3C(C)(C)C)c([Si](C)(C)C)c[n+]2C)c2sc3nncn3c12. The molecule has 0 aliphatic carbocycles. The summed E-state index contributed by atoms with van der Waals surface area (Å²) in [7, 11) is 0.369. The molecule has 0 atom stereocenters. The molecule has 0 unspecified atom stereocenters. The number of thiazole rings is 1. The van der Waals surface area contributed by atoms with Gasteiger partial charge in [-0.15, -0.1) is 10.2 Å². The maximum Gasteiger partial charge on any atom is 0.217 e. The summed E-state index contributed by atoms with van der Waals surface area (Å²) in [5.74, 6) is 0. The van der Waals surface area contributed by atoms with Crippen LogP contribution < -0.4 is 9.75 Å².